The van der Waals surface area contributed by atoms with Gasteiger partial charge in [0.05, 0.1) is 11.1 Å². The third-order valence-corrected chi connectivity index (χ3v) is 7.86. The summed E-state index contributed by atoms with van der Waals surface area (Å²) in [4.78, 5) is 26.4. The van der Waals surface area contributed by atoms with Gasteiger partial charge in [0.15, 0.2) is 0 Å². The van der Waals surface area contributed by atoms with Gasteiger partial charge < -0.3 is 19.9 Å². The lowest BCUT2D eigenvalue weighted by Gasteiger charge is -2.34. The molecule has 2 amide bonds. The molecule has 1 aromatic carbocycles. The van der Waals surface area contributed by atoms with Crippen molar-refractivity contribution in [1.82, 2.24) is 10.5 Å². The number of benzene rings is 1. The Labute approximate surface area is 204 Å². The second kappa shape index (κ2) is 9.93. The number of hydrogen-bond acceptors (Lipinski definition) is 5. The summed E-state index contributed by atoms with van der Waals surface area (Å²) in [5.74, 6) is -0.720. The Hall–Kier alpha value is -3.00. The Morgan fingerprint density at radius 2 is 1.89 bits per heavy atom. The van der Waals surface area contributed by atoms with Gasteiger partial charge in [0, 0.05) is 18.9 Å². The van der Waals surface area contributed by atoms with Crippen molar-refractivity contribution in [3.63, 3.8) is 0 Å². The number of fused-ring (bicyclic) bond motifs is 2. The molecule has 35 heavy (non-hydrogen) atoms. The molecule has 2 N–H and O–H groups in total. The van der Waals surface area contributed by atoms with Crippen LogP contribution in [0.25, 0.3) is 6.08 Å². The lowest BCUT2D eigenvalue weighted by molar-refractivity contribution is -0.119. The molecule has 1 saturated heterocycles. The molecule has 1 saturated carbocycles. The molecule has 1 spiro atoms. The van der Waals surface area contributed by atoms with Crippen molar-refractivity contribution in [3.8, 4) is 0 Å². The summed E-state index contributed by atoms with van der Waals surface area (Å²) in [5, 5.41) is 9.72. The predicted molar refractivity (Wildman–Crippen MR) is 130 cm³/mol. The van der Waals surface area contributed by atoms with Crippen LogP contribution in [0.15, 0.2) is 34.8 Å². The van der Waals surface area contributed by atoms with E-state index in [0.717, 1.165) is 49.7 Å². The molecule has 2 aliphatic carbocycles. The molecule has 2 aromatic rings. The molecular weight excluding hydrogens is 449 g/mol. The van der Waals surface area contributed by atoms with E-state index in [4.69, 9.17) is 9.26 Å². The van der Waals surface area contributed by atoms with Crippen LogP contribution in [-0.2, 0) is 14.9 Å². The fourth-order valence-electron chi connectivity index (χ4n) is 5.82. The fourth-order valence-corrected chi connectivity index (χ4v) is 5.82. The molecule has 1 atom stereocenters. The SMILES string of the molecule is Cc1nocc1C(=O)NC(C(=O)Nc1ccc2c(c1)C=C(F)C21CCOCC1)C1CCCCCC1. The summed E-state index contributed by atoms with van der Waals surface area (Å²) < 4.78 is 25.4. The Kier molecular flexibility index (Phi) is 6.73. The van der Waals surface area contributed by atoms with Crippen LogP contribution in [0.5, 0.6) is 0 Å². The second-order valence-electron chi connectivity index (χ2n) is 9.99. The minimum Gasteiger partial charge on any atom is -0.381 e. The van der Waals surface area contributed by atoms with Gasteiger partial charge in [-0.3, -0.25) is 9.59 Å². The molecule has 1 aromatic heterocycles. The van der Waals surface area contributed by atoms with Crippen LogP contribution in [-0.4, -0.2) is 36.2 Å². The molecule has 1 aliphatic heterocycles. The highest BCUT2D eigenvalue weighted by molar-refractivity contribution is 6.01. The zero-order valence-corrected chi connectivity index (χ0v) is 20.1. The zero-order chi connectivity index (χ0) is 24.4. The molecule has 0 radical (unpaired) electrons. The van der Waals surface area contributed by atoms with Gasteiger partial charge in [0.1, 0.15) is 23.7 Å². The number of ether oxygens (including phenoxy) is 1. The first-order valence-corrected chi connectivity index (χ1v) is 12.6. The lowest BCUT2D eigenvalue weighted by Crippen LogP contribution is -2.48. The number of carbonyl (C=O) groups excluding carboxylic acids is 2. The zero-order valence-electron chi connectivity index (χ0n) is 20.1. The van der Waals surface area contributed by atoms with Gasteiger partial charge >= 0.3 is 0 Å². The average molecular weight is 482 g/mol. The Morgan fingerprint density at radius 3 is 2.57 bits per heavy atom. The highest BCUT2D eigenvalue weighted by Crippen LogP contribution is 2.49. The highest BCUT2D eigenvalue weighted by Gasteiger charge is 2.43. The van der Waals surface area contributed by atoms with E-state index in [9.17, 15) is 9.59 Å². The average Bonchev–Trinajstić information content (AvgIpc) is 3.25. The van der Waals surface area contributed by atoms with Crippen LogP contribution in [0, 0.1) is 12.8 Å². The van der Waals surface area contributed by atoms with E-state index in [1.807, 2.05) is 18.2 Å². The molecule has 2 fully saturated rings. The number of hydrogen-bond donors (Lipinski definition) is 2. The number of nitrogens with one attached hydrogen (secondary N) is 2. The van der Waals surface area contributed by atoms with Gasteiger partial charge in [0.2, 0.25) is 5.91 Å². The monoisotopic (exact) mass is 481 g/mol. The number of anilines is 1. The summed E-state index contributed by atoms with van der Waals surface area (Å²) in [6.07, 6.45) is 10.2. The number of nitrogens with zero attached hydrogens (tertiary/aromatic N) is 1. The van der Waals surface area contributed by atoms with Crippen LogP contribution in [0.4, 0.5) is 10.1 Å². The van der Waals surface area contributed by atoms with E-state index in [2.05, 4.69) is 15.8 Å². The van der Waals surface area contributed by atoms with E-state index in [1.54, 1.807) is 13.0 Å². The summed E-state index contributed by atoms with van der Waals surface area (Å²) in [7, 11) is 0. The van der Waals surface area contributed by atoms with Crippen molar-refractivity contribution in [1.29, 1.82) is 0 Å². The van der Waals surface area contributed by atoms with Crippen molar-refractivity contribution in [2.45, 2.75) is 69.7 Å². The maximum absolute atomic E-state index is 15.0. The standard InChI is InChI=1S/C27H32FN3O4/c1-17-21(16-35-31-17)25(32)30-24(18-6-4-2-3-5-7-18)26(33)29-20-8-9-22-19(14-20)15-23(28)27(22)10-12-34-13-11-27/h8-9,14-16,18,24H,2-7,10-13H2,1H3,(H,29,33)(H,30,32). The van der Waals surface area contributed by atoms with Crippen LogP contribution in [0.1, 0.15) is 78.5 Å². The molecule has 5 rings (SSSR count). The molecule has 2 heterocycles. The number of rotatable bonds is 5. The largest absolute Gasteiger partial charge is 0.381 e. The van der Waals surface area contributed by atoms with Gasteiger partial charge in [-0.1, -0.05) is 36.9 Å². The summed E-state index contributed by atoms with van der Waals surface area (Å²) >= 11 is 0. The van der Waals surface area contributed by atoms with Crippen LogP contribution in [0.3, 0.4) is 0 Å². The maximum Gasteiger partial charge on any atom is 0.257 e. The first kappa shape index (κ1) is 23.7. The molecular formula is C27H32FN3O4. The first-order chi connectivity index (χ1) is 17.0. The second-order valence-corrected chi connectivity index (χ2v) is 9.99. The van der Waals surface area contributed by atoms with Crippen molar-refractivity contribution < 1.29 is 23.2 Å². The van der Waals surface area contributed by atoms with Crippen molar-refractivity contribution in [3.05, 3.63) is 52.7 Å². The quantitative estimate of drug-likeness (QED) is 0.582. The van der Waals surface area contributed by atoms with Crippen molar-refractivity contribution >= 4 is 23.6 Å². The molecule has 186 valence electrons. The number of aryl methyl sites for hydroxylation is 1. The highest BCUT2D eigenvalue weighted by atomic mass is 19.1. The molecule has 3 aliphatic rings. The number of allylic oxidation sites excluding steroid dienone is 1. The maximum atomic E-state index is 15.0. The molecule has 7 nitrogen and oxygen atoms in total. The minimum absolute atomic E-state index is 0.0406. The topological polar surface area (TPSA) is 93.5 Å². The molecule has 1 unspecified atom stereocenters. The fraction of sp³-hybridized carbons (Fsp3) is 0.519. The van der Waals surface area contributed by atoms with Crippen molar-refractivity contribution in [2.75, 3.05) is 18.5 Å². The summed E-state index contributed by atoms with van der Waals surface area (Å²) in [6.45, 7) is 2.77. The third-order valence-electron chi connectivity index (χ3n) is 7.86. The van der Waals surface area contributed by atoms with Gasteiger partial charge in [-0.05, 0) is 67.9 Å². The molecule has 8 heteroatoms. The van der Waals surface area contributed by atoms with E-state index in [1.165, 1.54) is 6.26 Å². The third kappa shape index (κ3) is 4.63. The number of aromatic nitrogens is 1. The van der Waals surface area contributed by atoms with E-state index in [-0.39, 0.29) is 23.6 Å². The van der Waals surface area contributed by atoms with E-state index >= 15 is 4.39 Å². The summed E-state index contributed by atoms with van der Waals surface area (Å²) in [5.41, 5.74) is 2.54. The first-order valence-electron chi connectivity index (χ1n) is 12.6. The Morgan fingerprint density at radius 1 is 1.14 bits per heavy atom. The van der Waals surface area contributed by atoms with Gasteiger partial charge in [-0.15, -0.1) is 0 Å². The smallest absolute Gasteiger partial charge is 0.257 e. The van der Waals surface area contributed by atoms with Crippen molar-refractivity contribution in [2.24, 2.45) is 5.92 Å². The van der Waals surface area contributed by atoms with Gasteiger partial charge in [-0.25, -0.2) is 4.39 Å². The Bertz CT molecular complexity index is 1130. The molecule has 0 bridgehead atoms. The van der Waals surface area contributed by atoms with Crippen LogP contribution < -0.4 is 10.6 Å². The number of carbonyl (C=O) groups is 2. The van der Waals surface area contributed by atoms with Gasteiger partial charge in [0.25, 0.3) is 5.91 Å². The van der Waals surface area contributed by atoms with E-state index in [0.29, 0.717) is 43.0 Å². The number of amides is 2. The van der Waals surface area contributed by atoms with E-state index < -0.39 is 11.5 Å². The Balaban J connectivity index is 1.36. The van der Waals surface area contributed by atoms with Crippen LogP contribution in [0.2, 0.25) is 0 Å². The summed E-state index contributed by atoms with van der Waals surface area (Å²) in [6, 6.07) is 4.89. The minimum atomic E-state index is -0.683. The van der Waals surface area contributed by atoms with Crippen LogP contribution >= 0.6 is 0 Å². The number of halogens is 1. The normalized spacial score (nSPS) is 20.6. The van der Waals surface area contributed by atoms with Gasteiger partial charge in [-0.2, -0.15) is 0 Å². The predicted octanol–water partition coefficient (Wildman–Crippen LogP) is 5.06. The lowest BCUT2D eigenvalue weighted by atomic mass is 9.75.